The molecule has 0 aliphatic rings. The summed E-state index contributed by atoms with van der Waals surface area (Å²) in [5.41, 5.74) is 0. The first-order valence-corrected chi connectivity index (χ1v) is 2.77. The van der Waals surface area contributed by atoms with Crippen LogP contribution in [-0.2, 0) is 19.1 Å². The van der Waals surface area contributed by atoms with Crippen LogP contribution in [0.4, 0.5) is 0 Å². The fraction of sp³-hybridized carbons (Fsp3) is 0.286. The molecular weight excluding hydrogens is 148 g/mol. The zero-order chi connectivity index (χ0) is 8.85. The Kier molecular flexibility index (Phi) is 3.60. The Bertz CT molecular complexity index is 253. The fourth-order valence-electron chi connectivity index (χ4n) is 0.232. The van der Waals surface area contributed by atoms with Crippen LogP contribution in [0.25, 0.3) is 0 Å². The molecule has 11 heavy (non-hydrogen) atoms. The van der Waals surface area contributed by atoms with Crippen LogP contribution < -0.4 is 0 Å². The first kappa shape index (κ1) is 9.37. The van der Waals surface area contributed by atoms with Crippen LogP contribution in [0.15, 0.2) is 0 Å². The van der Waals surface area contributed by atoms with Gasteiger partial charge >= 0.3 is 5.97 Å². The van der Waals surface area contributed by atoms with E-state index in [1.54, 1.807) is 6.11 Å². The molecule has 4 nitrogen and oxygen atoms in total. The van der Waals surface area contributed by atoms with Gasteiger partial charge in [-0.25, -0.2) is 0 Å². The van der Waals surface area contributed by atoms with Gasteiger partial charge in [-0.3, -0.25) is 14.4 Å². The van der Waals surface area contributed by atoms with Crippen LogP contribution in [0.5, 0.6) is 0 Å². The van der Waals surface area contributed by atoms with Crippen molar-refractivity contribution in [2.75, 3.05) is 0 Å². The summed E-state index contributed by atoms with van der Waals surface area (Å²) in [7, 11) is 0. The predicted octanol–water partition coefficient (Wildman–Crippen LogP) is -0.332. The van der Waals surface area contributed by atoms with E-state index in [-0.39, 0.29) is 0 Å². The van der Waals surface area contributed by atoms with E-state index in [1.807, 2.05) is 5.92 Å². The van der Waals surface area contributed by atoms with Crippen LogP contribution in [0, 0.1) is 12.0 Å². The van der Waals surface area contributed by atoms with Crippen molar-refractivity contribution in [1.82, 2.24) is 0 Å². The summed E-state index contributed by atoms with van der Waals surface area (Å²) in [6, 6.07) is 0. The molecule has 4 heteroatoms. The van der Waals surface area contributed by atoms with E-state index in [1.165, 1.54) is 0 Å². The van der Waals surface area contributed by atoms with Crippen LogP contribution in [-0.4, -0.2) is 17.5 Å². The second-order valence-electron chi connectivity index (χ2n) is 1.71. The molecule has 0 aliphatic carbocycles. The van der Waals surface area contributed by atoms with E-state index >= 15 is 0 Å². The third-order valence-electron chi connectivity index (χ3n) is 0.679. The average Bonchev–Trinajstić information content (AvgIpc) is 1.86. The monoisotopic (exact) mass is 154 g/mol. The molecule has 0 bridgehead atoms. The lowest BCUT2D eigenvalue weighted by molar-refractivity contribution is -0.134. The number of ketones is 2. The molecule has 58 valence electrons. The molecule has 0 aliphatic heterocycles. The molecule has 0 aromatic carbocycles. The Hall–Kier alpha value is -1.63. The number of Topliss-reactive ketones (excluding diaryl/α,β-unsaturated/α-hetero) is 2. The highest BCUT2D eigenvalue weighted by atomic mass is 16.5. The van der Waals surface area contributed by atoms with Crippen molar-refractivity contribution < 1.29 is 19.1 Å². The zero-order valence-electron chi connectivity index (χ0n) is 6.13. The van der Waals surface area contributed by atoms with E-state index in [2.05, 4.69) is 4.74 Å². The summed E-state index contributed by atoms with van der Waals surface area (Å²) < 4.78 is 4.09. The number of esters is 1. The van der Waals surface area contributed by atoms with E-state index in [0.29, 0.717) is 0 Å². The van der Waals surface area contributed by atoms with Gasteiger partial charge in [0.15, 0.2) is 0 Å². The van der Waals surface area contributed by atoms with E-state index < -0.39 is 17.5 Å². The summed E-state index contributed by atoms with van der Waals surface area (Å²) in [5.74, 6) is -0.330. The number of ether oxygens (including phenoxy) is 1. The van der Waals surface area contributed by atoms with Gasteiger partial charge < -0.3 is 4.74 Å². The van der Waals surface area contributed by atoms with Gasteiger partial charge in [0, 0.05) is 19.8 Å². The Labute approximate surface area is 63.5 Å². The zero-order valence-corrected chi connectivity index (χ0v) is 6.13. The fourth-order valence-corrected chi connectivity index (χ4v) is 0.232. The number of hydrogen-bond donors (Lipinski definition) is 0. The van der Waals surface area contributed by atoms with Gasteiger partial charge in [-0.15, -0.1) is 0 Å². The average molecular weight is 154 g/mol. The minimum Gasteiger partial charge on any atom is -0.372 e. The number of carbonyl (C=O) groups excluding carboxylic acids is 3. The van der Waals surface area contributed by atoms with Crippen LogP contribution in [0.2, 0.25) is 0 Å². The third kappa shape index (κ3) is 4.85. The molecule has 0 unspecified atom stereocenters. The smallest absolute Gasteiger partial charge is 0.316 e. The molecule has 0 aromatic rings. The van der Waals surface area contributed by atoms with Crippen LogP contribution >= 0.6 is 0 Å². The lowest BCUT2D eigenvalue weighted by Crippen LogP contribution is -2.05. The summed E-state index contributed by atoms with van der Waals surface area (Å²) >= 11 is 0. The second kappa shape index (κ2) is 4.23. The van der Waals surface area contributed by atoms with Gasteiger partial charge in [0.1, 0.15) is 6.11 Å². The highest BCUT2D eigenvalue weighted by Gasteiger charge is 2.01. The maximum absolute atomic E-state index is 10.4. The van der Waals surface area contributed by atoms with Crippen molar-refractivity contribution in [3.05, 3.63) is 0 Å². The van der Waals surface area contributed by atoms with Gasteiger partial charge in [0.25, 0.3) is 5.78 Å². The third-order valence-corrected chi connectivity index (χ3v) is 0.679. The van der Waals surface area contributed by atoms with Crippen molar-refractivity contribution >= 4 is 17.5 Å². The topological polar surface area (TPSA) is 60.4 Å². The Morgan fingerprint density at radius 1 is 1.18 bits per heavy atom. The lowest BCUT2D eigenvalue weighted by atomic mass is 10.3. The van der Waals surface area contributed by atoms with Gasteiger partial charge in [0.05, 0.1) is 0 Å². The van der Waals surface area contributed by atoms with Crippen molar-refractivity contribution in [3.63, 3.8) is 0 Å². The minimum absolute atomic E-state index is 0.617. The van der Waals surface area contributed by atoms with Crippen molar-refractivity contribution in [2.45, 2.75) is 13.8 Å². The summed E-state index contributed by atoms with van der Waals surface area (Å²) in [5, 5.41) is 0. The molecule has 0 rings (SSSR count). The number of hydrogen-bond acceptors (Lipinski definition) is 4. The molecule has 0 saturated heterocycles. The quantitative estimate of drug-likeness (QED) is 0.294. The summed E-state index contributed by atoms with van der Waals surface area (Å²) in [6.45, 7) is 2.23. The van der Waals surface area contributed by atoms with E-state index in [0.717, 1.165) is 13.8 Å². The SMILES string of the molecule is CC(=O)OC#CC(=O)C(C)=O. The van der Waals surface area contributed by atoms with Crippen molar-refractivity contribution in [2.24, 2.45) is 0 Å². The molecular formula is C7H6O4. The van der Waals surface area contributed by atoms with E-state index in [9.17, 15) is 14.4 Å². The Balaban J connectivity index is 3.99. The van der Waals surface area contributed by atoms with Gasteiger partial charge in [-0.1, -0.05) is 0 Å². The highest BCUT2D eigenvalue weighted by Crippen LogP contribution is 1.74. The number of carbonyl (C=O) groups is 3. The Morgan fingerprint density at radius 2 is 1.73 bits per heavy atom. The van der Waals surface area contributed by atoms with E-state index in [4.69, 9.17) is 0 Å². The van der Waals surface area contributed by atoms with Gasteiger partial charge in [0.2, 0.25) is 5.78 Å². The van der Waals surface area contributed by atoms with Gasteiger partial charge in [-0.2, -0.15) is 0 Å². The second-order valence-corrected chi connectivity index (χ2v) is 1.71. The molecule has 0 fully saturated rings. The maximum atomic E-state index is 10.4. The number of rotatable bonds is 1. The predicted molar refractivity (Wildman–Crippen MR) is 35.2 cm³/mol. The van der Waals surface area contributed by atoms with Crippen LogP contribution in [0.1, 0.15) is 13.8 Å². The maximum Gasteiger partial charge on any atom is 0.316 e. The first-order valence-electron chi connectivity index (χ1n) is 2.77. The lowest BCUT2D eigenvalue weighted by Gasteiger charge is -1.82. The normalized spacial score (nSPS) is 7.45. The first-order chi connectivity index (χ1) is 5.04. The van der Waals surface area contributed by atoms with Crippen LogP contribution in [0.3, 0.4) is 0 Å². The highest BCUT2D eigenvalue weighted by molar-refractivity contribution is 6.43. The Morgan fingerprint density at radius 3 is 2.09 bits per heavy atom. The van der Waals surface area contributed by atoms with Gasteiger partial charge in [-0.05, 0) is 0 Å². The molecule has 0 radical (unpaired) electrons. The minimum atomic E-state index is -0.869. The molecule has 0 N–H and O–H groups in total. The summed E-state index contributed by atoms with van der Waals surface area (Å²) in [4.78, 5) is 30.7. The summed E-state index contributed by atoms with van der Waals surface area (Å²) in [6.07, 6.45) is 1.80. The molecule has 0 aromatic heterocycles. The molecule has 0 saturated carbocycles. The molecule has 0 spiro atoms. The van der Waals surface area contributed by atoms with Crippen molar-refractivity contribution in [3.8, 4) is 12.0 Å². The molecule has 0 amide bonds. The molecule has 0 atom stereocenters. The van der Waals surface area contributed by atoms with Crippen molar-refractivity contribution in [1.29, 1.82) is 0 Å². The largest absolute Gasteiger partial charge is 0.372 e. The standard InChI is InChI=1S/C7H6O4/c1-5(8)7(10)3-4-11-6(2)9/h1-2H3. The molecule has 0 heterocycles.